The minimum atomic E-state index is -0.380. The van der Waals surface area contributed by atoms with Crippen LogP contribution in [0.4, 0.5) is 0 Å². The number of piperidine rings is 2. The summed E-state index contributed by atoms with van der Waals surface area (Å²) in [7, 11) is 2.16. The molecule has 26 heavy (non-hydrogen) atoms. The van der Waals surface area contributed by atoms with E-state index in [1.165, 1.54) is 5.56 Å². The third kappa shape index (κ3) is 3.23. The summed E-state index contributed by atoms with van der Waals surface area (Å²) < 4.78 is 0. The molecule has 2 amide bonds. The van der Waals surface area contributed by atoms with E-state index in [4.69, 9.17) is 0 Å². The number of hydrogen-bond donors (Lipinski definition) is 1. The first-order valence-corrected chi connectivity index (χ1v) is 9.41. The molecular weight excluding hydrogens is 328 g/mol. The fourth-order valence-electron chi connectivity index (χ4n) is 4.28. The summed E-state index contributed by atoms with van der Waals surface area (Å²) in [5.41, 5.74) is 3.85. The van der Waals surface area contributed by atoms with Crippen LogP contribution in [0.15, 0.2) is 29.8 Å². The van der Waals surface area contributed by atoms with E-state index in [0.29, 0.717) is 30.8 Å². The molecule has 2 fully saturated rings. The maximum atomic E-state index is 12.7. The third-order valence-corrected chi connectivity index (χ3v) is 5.92. The molecule has 1 aromatic carbocycles. The van der Waals surface area contributed by atoms with E-state index < -0.39 is 0 Å². The second kappa shape index (κ2) is 6.80. The number of imide groups is 1. The van der Waals surface area contributed by atoms with Crippen molar-refractivity contribution in [3.8, 4) is 0 Å². The van der Waals surface area contributed by atoms with Crippen molar-refractivity contribution in [3.05, 3.63) is 46.5 Å². The molecule has 3 aliphatic rings. The number of likely N-dealkylation sites (tertiary alicyclic amines) is 1. The summed E-state index contributed by atoms with van der Waals surface area (Å²) >= 11 is 0. The number of nitrogens with one attached hydrogen (secondary N) is 1. The smallest absolute Gasteiger partial charge is 0.233 e. The quantitative estimate of drug-likeness (QED) is 0.655. The van der Waals surface area contributed by atoms with Crippen molar-refractivity contribution < 1.29 is 14.4 Å². The van der Waals surface area contributed by atoms with E-state index in [2.05, 4.69) is 29.4 Å². The molecular formula is C21H24N2O3. The maximum Gasteiger partial charge on any atom is 0.233 e. The molecule has 0 aromatic heterocycles. The highest BCUT2D eigenvalue weighted by Gasteiger charge is 2.30. The van der Waals surface area contributed by atoms with Gasteiger partial charge in [0.25, 0.3) is 0 Å². The van der Waals surface area contributed by atoms with E-state index in [1.807, 2.05) is 6.07 Å². The lowest BCUT2D eigenvalue weighted by Gasteiger charge is -2.29. The Balaban J connectivity index is 1.53. The molecule has 1 atom stereocenters. The highest BCUT2D eigenvalue weighted by molar-refractivity contribution is 6.13. The molecule has 5 nitrogen and oxygen atoms in total. The van der Waals surface area contributed by atoms with Crippen LogP contribution in [0.1, 0.15) is 53.1 Å². The molecule has 0 bridgehead atoms. The molecule has 1 unspecified atom stereocenters. The molecule has 1 aromatic rings. The first-order valence-electron chi connectivity index (χ1n) is 9.41. The molecule has 1 N–H and O–H groups in total. The summed E-state index contributed by atoms with van der Waals surface area (Å²) in [5.74, 6) is -0.304. The van der Waals surface area contributed by atoms with Gasteiger partial charge in [0, 0.05) is 24.0 Å². The number of hydrogen-bond acceptors (Lipinski definition) is 4. The molecule has 136 valence electrons. The van der Waals surface area contributed by atoms with Crippen LogP contribution in [0.5, 0.6) is 0 Å². The van der Waals surface area contributed by atoms with Gasteiger partial charge in [-0.3, -0.25) is 19.7 Å². The Bertz CT molecular complexity index is 803. The van der Waals surface area contributed by atoms with E-state index in [1.54, 1.807) is 6.08 Å². The minimum Gasteiger partial charge on any atom is -0.306 e. The van der Waals surface area contributed by atoms with Crippen molar-refractivity contribution in [2.45, 2.75) is 38.0 Å². The first-order chi connectivity index (χ1) is 12.5. The second-order valence-corrected chi connectivity index (χ2v) is 7.75. The molecule has 4 rings (SSSR count). The number of fused-ring (bicyclic) bond motifs is 1. The van der Waals surface area contributed by atoms with E-state index in [-0.39, 0.29) is 23.5 Å². The van der Waals surface area contributed by atoms with Crippen LogP contribution in [0, 0.1) is 5.92 Å². The summed E-state index contributed by atoms with van der Waals surface area (Å²) in [6.07, 6.45) is 5.50. The predicted octanol–water partition coefficient (Wildman–Crippen LogP) is 2.21. The van der Waals surface area contributed by atoms with Gasteiger partial charge in [0.05, 0.1) is 5.92 Å². The van der Waals surface area contributed by atoms with Crippen LogP contribution < -0.4 is 5.32 Å². The van der Waals surface area contributed by atoms with Crippen LogP contribution in [-0.2, 0) is 16.0 Å². The summed E-state index contributed by atoms with van der Waals surface area (Å²) in [4.78, 5) is 38.3. The first kappa shape index (κ1) is 17.2. The molecule has 2 aliphatic heterocycles. The van der Waals surface area contributed by atoms with Crippen molar-refractivity contribution in [1.82, 2.24) is 10.2 Å². The van der Waals surface area contributed by atoms with Crippen LogP contribution in [0.3, 0.4) is 0 Å². The molecule has 0 radical (unpaired) electrons. The number of rotatable bonds is 2. The van der Waals surface area contributed by atoms with Gasteiger partial charge >= 0.3 is 0 Å². The van der Waals surface area contributed by atoms with Crippen molar-refractivity contribution in [2.75, 3.05) is 20.1 Å². The zero-order valence-corrected chi connectivity index (χ0v) is 15.1. The number of carbonyl (C=O) groups is 3. The minimum absolute atomic E-state index is 0.0274. The lowest BCUT2D eigenvalue weighted by molar-refractivity contribution is -0.135. The van der Waals surface area contributed by atoms with Crippen LogP contribution >= 0.6 is 0 Å². The average molecular weight is 352 g/mol. The standard InChI is InChI=1S/C21H24N2O3/c1-23-8-6-13(7-9-23)14-2-4-18-16(10-14)12-17(20(18)25)11-15-3-5-19(24)22-21(15)26/h2,4,10-11,13,15H,3,5-9,12H2,1H3,(H,22,24,26)/b17-11+. The van der Waals surface area contributed by atoms with Gasteiger partial charge in [-0.2, -0.15) is 0 Å². The average Bonchev–Trinajstić information content (AvgIpc) is 2.93. The zero-order chi connectivity index (χ0) is 18.3. The normalized spacial score (nSPS) is 26.3. The molecule has 5 heteroatoms. The van der Waals surface area contributed by atoms with Crippen molar-refractivity contribution in [3.63, 3.8) is 0 Å². The Morgan fingerprint density at radius 1 is 1.12 bits per heavy atom. The van der Waals surface area contributed by atoms with Gasteiger partial charge in [0.1, 0.15) is 0 Å². The number of Topliss-reactive ketones (excluding diaryl/α,β-unsaturated/α-hetero) is 1. The van der Waals surface area contributed by atoms with Gasteiger partial charge in [0.15, 0.2) is 5.78 Å². The number of carbonyl (C=O) groups excluding carboxylic acids is 3. The summed E-state index contributed by atoms with van der Waals surface area (Å²) in [6.45, 7) is 2.22. The lowest BCUT2D eigenvalue weighted by atomic mass is 9.88. The fraction of sp³-hybridized carbons (Fsp3) is 0.476. The van der Waals surface area contributed by atoms with Crippen molar-refractivity contribution in [1.29, 1.82) is 0 Å². The van der Waals surface area contributed by atoms with Crippen molar-refractivity contribution in [2.24, 2.45) is 5.92 Å². The molecule has 2 saturated heterocycles. The van der Waals surface area contributed by atoms with E-state index in [9.17, 15) is 14.4 Å². The van der Waals surface area contributed by atoms with E-state index in [0.717, 1.165) is 37.1 Å². The molecule has 1 aliphatic carbocycles. The highest BCUT2D eigenvalue weighted by atomic mass is 16.2. The number of nitrogens with zero attached hydrogens (tertiary/aromatic N) is 1. The van der Waals surface area contributed by atoms with Crippen molar-refractivity contribution >= 4 is 17.6 Å². The highest BCUT2D eigenvalue weighted by Crippen LogP contribution is 2.34. The fourth-order valence-corrected chi connectivity index (χ4v) is 4.28. The topological polar surface area (TPSA) is 66.5 Å². The number of allylic oxidation sites excluding steroid dienone is 1. The number of amides is 2. The largest absolute Gasteiger partial charge is 0.306 e. The lowest BCUT2D eigenvalue weighted by Crippen LogP contribution is -2.40. The van der Waals surface area contributed by atoms with Crippen LogP contribution in [0.2, 0.25) is 0 Å². The predicted molar refractivity (Wildman–Crippen MR) is 97.9 cm³/mol. The second-order valence-electron chi connectivity index (χ2n) is 7.75. The van der Waals surface area contributed by atoms with Crippen LogP contribution in [-0.4, -0.2) is 42.6 Å². The zero-order valence-electron chi connectivity index (χ0n) is 15.1. The van der Waals surface area contributed by atoms with Gasteiger partial charge in [-0.15, -0.1) is 0 Å². The molecule has 0 spiro atoms. The number of ketones is 1. The van der Waals surface area contributed by atoms with Gasteiger partial charge in [0.2, 0.25) is 11.8 Å². The maximum absolute atomic E-state index is 12.7. The Morgan fingerprint density at radius 3 is 2.62 bits per heavy atom. The van der Waals surface area contributed by atoms with Gasteiger partial charge in [-0.05, 0) is 56.4 Å². The molecule has 0 saturated carbocycles. The van der Waals surface area contributed by atoms with Crippen LogP contribution in [0.25, 0.3) is 0 Å². The Hall–Kier alpha value is -2.27. The van der Waals surface area contributed by atoms with Gasteiger partial charge < -0.3 is 4.90 Å². The Kier molecular flexibility index (Phi) is 4.49. The Labute approximate surface area is 153 Å². The Morgan fingerprint density at radius 2 is 1.88 bits per heavy atom. The third-order valence-electron chi connectivity index (χ3n) is 5.92. The monoisotopic (exact) mass is 352 g/mol. The van der Waals surface area contributed by atoms with Gasteiger partial charge in [-0.1, -0.05) is 24.3 Å². The number of benzene rings is 1. The van der Waals surface area contributed by atoms with Gasteiger partial charge in [-0.25, -0.2) is 0 Å². The SMILES string of the molecule is CN1CCC(c2ccc3c(c2)C/C(=C\C2CCC(=O)NC2=O)C3=O)CC1. The van der Waals surface area contributed by atoms with E-state index >= 15 is 0 Å². The summed E-state index contributed by atoms with van der Waals surface area (Å²) in [6, 6.07) is 6.24. The summed E-state index contributed by atoms with van der Waals surface area (Å²) in [5, 5.41) is 2.36. The molecule has 2 heterocycles.